The molecule has 5 heteroatoms. The minimum atomic E-state index is -2.60. The van der Waals surface area contributed by atoms with Crippen molar-refractivity contribution in [2.75, 3.05) is 0 Å². The summed E-state index contributed by atoms with van der Waals surface area (Å²) in [7, 11) is -2.60. The second-order valence-corrected chi connectivity index (χ2v) is 5.73. The van der Waals surface area contributed by atoms with Crippen LogP contribution in [-0.2, 0) is 9.71 Å². The Morgan fingerprint density at radius 1 is 1.62 bits per heavy atom. The fourth-order valence-corrected chi connectivity index (χ4v) is 2.43. The van der Waals surface area contributed by atoms with E-state index in [2.05, 4.69) is 15.6 Å². The van der Waals surface area contributed by atoms with Crippen LogP contribution in [0.3, 0.4) is 0 Å². The van der Waals surface area contributed by atoms with Crippen molar-refractivity contribution in [2.24, 2.45) is 0 Å². The lowest BCUT2D eigenvalue weighted by Crippen LogP contribution is -2.40. The molecular formula is C8H14N2O2S. The van der Waals surface area contributed by atoms with Gasteiger partial charge in [0, 0.05) is 5.54 Å². The van der Waals surface area contributed by atoms with Crippen LogP contribution < -0.4 is 4.72 Å². The molecule has 1 N–H and O–H groups in total. The lowest BCUT2D eigenvalue weighted by molar-refractivity contribution is 0.432. The molecule has 0 aliphatic heterocycles. The van der Waals surface area contributed by atoms with E-state index in [1.54, 1.807) is 0 Å². The Bertz CT molecular complexity index is 359. The summed E-state index contributed by atoms with van der Waals surface area (Å²) < 4.78 is 19.7. The number of oxazole rings is 1. The summed E-state index contributed by atoms with van der Waals surface area (Å²) in [6.07, 6.45) is 2.83. The molecule has 0 radical (unpaired) electrons. The topological polar surface area (TPSA) is 55.1 Å². The zero-order chi connectivity index (χ0) is 10.1. The predicted molar refractivity (Wildman–Crippen MR) is 52.9 cm³/mol. The minimum absolute atomic E-state index is 0.141. The first-order valence-electron chi connectivity index (χ1n) is 3.87. The van der Waals surface area contributed by atoms with Gasteiger partial charge >= 0.3 is 0 Å². The maximum atomic E-state index is 11.9. The molecular weight excluding hydrogens is 188 g/mol. The second-order valence-electron chi connectivity index (χ2n) is 3.83. The Balaban J connectivity index is 2.93. The molecule has 1 heterocycles. The summed E-state index contributed by atoms with van der Waals surface area (Å²) in [5, 5.41) is 0.141. The van der Waals surface area contributed by atoms with Crippen LogP contribution in [0.2, 0.25) is 0 Å². The molecule has 0 aliphatic rings. The summed E-state index contributed by atoms with van der Waals surface area (Å²) in [6.45, 7) is 5.71. The number of hydrogen-bond donors (Lipinski definition) is 1. The van der Waals surface area contributed by atoms with Crippen LogP contribution in [0.1, 0.15) is 20.8 Å². The minimum Gasteiger partial charge on any atom is -0.438 e. The Morgan fingerprint density at radius 3 is 2.62 bits per heavy atom. The molecule has 1 aromatic rings. The van der Waals surface area contributed by atoms with Gasteiger partial charge in [-0.1, -0.05) is 0 Å². The van der Waals surface area contributed by atoms with Gasteiger partial charge in [0.2, 0.25) is 0 Å². The smallest absolute Gasteiger partial charge is 0.292 e. The Hall–Kier alpha value is -0.810. The van der Waals surface area contributed by atoms with Crippen molar-refractivity contribution >= 4 is 15.6 Å². The van der Waals surface area contributed by atoms with Crippen molar-refractivity contribution in [3.8, 4) is 0 Å². The normalized spacial score (nSPS) is 16.8. The van der Waals surface area contributed by atoms with E-state index in [1.165, 1.54) is 12.5 Å². The molecule has 0 fully saturated rings. The first-order chi connectivity index (χ1) is 5.81. The number of hydrogen-bond acceptors (Lipinski definition) is 3. The first-order valence-corrected chi connectivity index (χ1v) is 5.60. The van der Waals surface area contributed by atoms with Crippen LogP contribution >= 0.6 is 0 Å². The van der Waals surface area contributed by atoms with E-state index in [9.17, 15) is 4.21 Å². The van der Waals surface area contributed by atoms with Crippen LogP contribution in [-0.4, -0.2) is 20.6 Å². The second kappa shape index (κ2) is 3.16. The Morgan fingerprint density at radius 2 is 2.23 bits per heavy atom. The van der Waals surface area contributed by atoms with Gasteiger partial charge in [-0.2, -0.15) is 0 Å². The summed E-state index contributed by atoms with van der Waals surface area (Å²) in [5.41, 5.74) is -0.284. The quantitative estimate of drug-likeness (QED) is 0.729. The Kier molecular flexibility index (Phi) is 2.49. The number of nitrogens with one attached hydrogen (secondary N) is 1. The fourth-order valence-electron chi connectivity index (χ4n) is 0.911. The zero-order valence-corrected chi connectivity index (χ0v) is 8.85. The highest BCUT2D eigenvalue weighted by Gasteiger charge is 2.19. The molecule has 13 heavy (non-hydrogen) atoms. The van der Waals surface area contributed by atoms with Crippen LogP contribution in [0.4, 0.5) is 0 Å². The standard InChI is InChI=1S/C8H14N2O2S/c1-8(2,3)10-13(4,11)7-9-5-6-12-7/h5-6H,4H2,1-3H3,(H,10,11). The largest absolute Gasteiger partial charge is 0.438 e. The molecule has 0 aromatic carbocycles. The van der Waals surface area contributed by atoms with Gasteiger partial charge in [0.25, 0.3) is 5.22 Å². The highest BCUT2D eigenvalue weighted by atomic mass is 32.2. The maximum absolute atomic E-state index is 11.9. The van der Waals surface area contributed by atoms with Crippen molar-refractivity contribution in [2.45, 2.75) is 31.5 Å². The van der Waals surface area contributed by atoms with E-state index in [0.717, 1.165) is 0 Å². The van der Waals surface area contributed by atoms with Crippen molar-refractivity contribution in [3.05, 3.63) is 12.5 Å². The molecule has 74 valence electrons. The van der Waals surface area contributed by atoms with Crippen molar-refractivity contribution < 1.29 is 8.63 Å². The molecule has 1 atom stereocenters. The monoisotopic (exact) mass is 202 g/mol. The average molecular weight is 202 g/mol. The Labute approximate surface area is 78.5 Å². The first kappa shape index (κ1) is 10.3. The van der Waals surface area contributed by atoms with Crippen molar-refractivity contribution in [1.29, 1.82) is 0 Å². The van der Waals surface area contributed by atoms with Crippen LogP contribution in [0, 0.1) is 0 Å². The molecule has 0 amide bonds. The van der Waals surface area contributed by atoms with Gasteiger partial charge < -0.3 is 4.42 Å². The fraction of sp³-hybridized carbons (Fsp3) is 0.500. The lowest BCUT2D eigenvalue weighted by Gasteiger charge is -2.21. The number of aromatic nitrogens is 1. The summed E-state index contributed by atoms with van der Waals surface area (Å²) >= 11 is 0. The summed E-state index contributed by atoms with van der Waals surface area (Å²) in [4.78, 5) is 3.80. The van der Waals surface area contributed by atoms with E-state index in [4.69, 9.17) is 4.42 Å². The van der Waals surface area contributed by atoms with Gasteiger partial charge in [-0.25, -0.2) is 13.9 Å². The lowest BCUT2D eigenvalue weighted by atomic mass is 10.1. The number of nitrogens with zero attached hydrogens (tertiary/aromatic N) is 1. The zero-order valence-electron chi connectivity index (χ0n) is 8.03. The molecule has 4 nitrogen and oxygen atoms in total. The molecule has 1 unspecified atom stereocenters. The molecule has 0 bridgehead atoms. The van der Waals surface area contributed by atoms with Gasteiger partial charge in [-0.15, -0.1) is 0 Å². The third-order valence-corrected chi connectivity index (χ3v) is 2.87. The predicted octanol–water partition coefficient (Wildman–Crippen LogP) is 1.05. The van der Waals surface area contributed by atoms with Gasteiger partial charge in [0.1, 0.15) is 16.0 Å². The molecule has 0 spiro atoms. The van der Waals surface area contributed by atoms with E-state index in [-0.39, 0.29) is 10.8 Å². The van der Waals surface area contributed by atoms with Crippen LogP contribution in [0.25, 0.3) is 0 Å². The molecule has 1 aromatic heterocycles. The molecule has 0 saturated heterocycles. The number of rotatable bonds is 2. The van der Waals surface area contributed by atoms with Gasteiger partial charge in [0.05, 0.1) is 6.20 Å². The average Bonchev–Trinajstić information content (AvgIpc) is 2.29. The van der Waals surface area contributed by atoms with Crippen LogP contribution in [0.15, 0.2) is 22.1 Å². The van der Waals surface area contributed by atoms with Gasteiger partial charge in [-0.05, 0) is 26.6 Å². The van der Waals surface area contributed by atoms with E-state index in [0.29, 0.717) is 0 Å². The summed E-state index contributed by atoms with van der Waals surface area (Å²) in [6, 6.07) is 0. The third-order valence-electron chi connectivity index (χ3n) is 1.16. The highest BCUT2D eigenvalue weighted by Crippen LogP contribution is 2.09. The maximum Gasteiger partial charge on any atom is 0.292 e. The van der Waals surface area contributed by atoms with Crippen molar-refractivity contribution in [3.63, 3.8) is 0 Å². The van der Waals surface area contributed by atoms with E-state index < -0.39 is 9.71 Å². The highest BCUT2D eigenvalue weighted by molar-refractivity contribution is 7.98. The molecule has 0 saturated carbocycles. The van der Waals surface area contributed by atoms with Crippen molar-refractivity contribution in [1.82, 2.24) is 9.71 Å². The van der Waals surface area contributed by atoms with Gasteiger partial charge in [-0.3, -0.25) is 0 Å². The van der Waals surface area contributed by atoms with E-state index >= 15 is 0 Å². The van der Waals surface area contributed by atoms with E-state index in [1.807, 2.05) is 20.8 Å². The third kappa shape index (κ3) is 2.86. The summed E-state index contributed by atoms with van der Waals surface area (Å²) in [5.74, 6) is 3.56. The molecule has 1 rings (SSSR count). The van der Waals surface area contributed by atoms with Gasteiger partial charge in [0.15, 0.2) is 0 Å². The molecule has 0 aliphatic carbocycles. The SMILES string of the molecule is C=S(=O)(NC(C)(C)C)c1ncco1. The van der Waals surface area contributed by atoms with Crippen LogP contribution in [0.5, 0.6) is 0 Å².